The van der Waals surface area contributed by atoms with Crippen LogP contribution >= 0.6 is 0 Å². The first-order valence-electron chi connectivity index (χ1n) is 9.65. The van der Waals surface area contributed by atoms with Crippen molar-refractivity contribution in [3.8, 4) is 5.69 Å². The van der Waals surface area contributed by atoms with Crippen LogP contribution in [0.25, 0.3) is 16.7 Å². The molecule has 0 bridgehead atoms. The number of rotatable bonds is 3. The summed E-state index contributed by atoms with van der Waals surface area (Å²) in [6.07, 6.45) is 0. The zero-order valence-corrected chi connectivity index (χ0v) is 16.8. The third-order valence-corrected chi connectivity index (χ3v) is 5.32. The van der Waals surface area contributed by atoms with Gasteiger partial charge in [-0.15, -0.1) is 0 Å². The molecule has 0 atom stereocenters. The first-order valence-corrected chi connectivity index (χ1v) is 9.65. The molecule has 0 aliphatic carbocycles. The van der Waals surface area contributed by atoms with Crippen LogP contribution in [0.15, 0.2) is 63.8 Å². The van der Waals surface area contributed by atoms with E-state index < -0.39 is 23.3 Å². The van der Waals surface area contributed by atoms with Crippen molar-refractivity contribution in [2.45, 2.75) is 6.92 Å². The van der Waals surface area contributed by atoms with Crippen LogP contribution in [0, 0.1) is 6.92 Å². The number of carbonyl (C=O) groups excluding carboxylic acids is 3. The van der Waals surface area contributed by atoms with Crippen LogP contribution in [0.1, 0.15) is 36.8 Å². The molecular weight excluding hydrogens is 412 g/mol. The molecule has 0 saturated carbocycles. The van der Waals surface area contributed by atoms with Crippen LogP contribution in [0.5, 0.6) is 0 Å². The van der Waals surface area contributed by atoms with Crippen LogP contribution in [0.3, 0.4) is 0 Å². The Bertz CT molecular complexity index is 1500. The predicted octanol–water partition coefficient (Wildman–Crippen LogP) is 2.61. The number of nitrogen functional groups attached to an aromatic ring is 1. The van der Waals surface area contributed by atoms with Crippen molar-refractivity contribution in [2.75, 3.05) is 11.1 Å². The molecule has 1 aliphatic rings. The third kappa shape index (κ3) is 2.95. The Kier molecular flexibility index (Phi) is 4.19. The molecular formula is C23H16N4O5. The van der Waals surface area contributed by atoms with Gasteiger partial charge >= 0.3 is 0 Å². The lowest BCUT2D eigenvalue weighted by molar-refractivity contribution is 0.0879. The number of amides is 3. The molecule has 4 N–H and O–H groups in total. The fourth-order valence-electron chi connectivity index (χ4n) is 3.75. The van der Waals surface area contributed by atoms with E-state index in [1.54, 1.807) is 37.3 Å². The molecule has 9 heteroatoms. The minimum absolute atomic E-state index is 0.0329. The van der Waals surface area contributed by atoms with Crippen molar-refractivity contribution in [2.24, 2.45) is 0 Å². The quantitative estimate of drug-likeness (QED) is 0.429. The Morgan fingerprint density at radius 1 is 1.03 bits per heavy atom. The number of pyridine rings is 1. The molecule has 2 aromatic heterocycles. The molecule has 3 heterocycles. The number of nitrogens with one attached hydrogen (secondary N) is 2. The number of hydrogen-bond donors (Lipinski definition) is 3. The number of anilines is 2. The lowest BCUT2D eigenvalue weighted by atomic mass is 10.1. The van der Waals surface area contributed by atoms with Crippen molar-refractivity contribution < 1.29 is 18.8 Å². The average Bonchev–Trinajstić information content (AvgIpc) is 3.30. The smallest absolute Gasteiger partial charge is 0.291 e. The SMILES string of the molecule is Cc1cc(-n2c(N)c3c(cc2=O)C(=O)NC3=O)ccc1NC(=O)c1cc2ccccc2o1. The Morgan fingerprint density at radius 2 is 1.81 bits per heavy atom. The van der Waals surface area contributed by atoms with Crippen LogP contribution in [-0.2, 0) is 0 Å². The van der Waals surface area contributed by atoms with E-state index >= 15 is 0 Å². The lowest BCUT2D eigenvalue weighted by Gasteiger charge is -2.14. The van der Waals surface area contributed by atoms with Gasteiger partial charge in [0.1, 0.15) is 11.4 Å². The van der Waals surface area contributed by atoms with Gasteiger partial charge in [0, 0.05) is 17.1 Å². The van der Waals surface area contributed by atoms with E-state index in [1.807, 2.05) is 18.2 Å². The standard InChI is InChI=1S/C23H16N4O5/c1-11-8-13(27-18(28)10-14-19(20(27)24)23(31)26-21(14)29)6-7-15(11)25-22(30)17-9-12-4-2-3-5-16(12)32-17/h2-10H,24H2,1H3,(H,25,30)(H,26,29,31). The molecule has 0 unspecified atom stereocenters. The van der Waals surface area contributed by atoms with E-state index in [2.05, 4.69) is 10.6 Å². The van der Waals surface area contributed by atoms with Crippen molar-refractivity contribution in [1.82, 2.24) is 9.88 Å². The summed E-state index contributed by atoms with van der Waals surface area (Å²) in [5.74, 6) is -1.68. The number of nitrogens with zero attached hydrogens (tertiary/aromatic N) is 1. The van der Waals surface area contributed by atoms with E-state index in [0.29, 0.717) is 22.5 Å². The summed E-state index contributed by atoms with van der Waals surface area (Å²) in [6.45, 7) is 1.75. The van der Waals surface area contributed by atoms with Gasteiger partial charge in [0.05, 0.1) is 16.8 Å². The molecule has 4 aromatic rings. The molecule has 5 rings (SSSR count). The fraction of sp³-hybridized carbons (Fsp3) is 0.0435. The summed E-state index contributed by atoms with van der Waals surface area (Å²) in [5, 5.41) is 5.74. The van der Waals surface area contributed by atoms with E-state index in [0.717, 1.165) is 16.0 Å². The molecule has 0 saturated heterocycles. The second kappa shape index (κ2) is 6.95. The normalized spacial score (nSPS) is 12.7. The highest BCUT2D eigenvalue weighted by molar-refractivity contribution is 6.23. The largest absolute Gasteiger partial charge is 0.451 e. The number of aryl methyl sites for hydroxylation is 1. The topological polar surface area (TPSA) is 136 Å². The molecule has 32 heavy (non-hydrogen) atoms. The molecule has 9 nitrogen and oxygen atoms in total. The summed E-state index contributed by atoms with van der Waals surface area (Å²) in [6, 6.07) is 14.9. The average molecular weight is 428 g/mol. The number of imide groups is 1. The summed E-state index contributed by atoms with van der Waals surface area (Å²) in [7, 11) is 0. The van der Waals surface area contributed by atoms with Gasteiger partial charge in [-0.2, -0.15) is 0 Å². The number of fused-ring (bicyclic) bond motifs is 2. The van der Waals surface area contributed by atoms with Crippen LogP contribution < -0.4 is 21.9 Å². The Balaban J connectivity index is 1.48. The van der Waals surface area contributed by atoms with Gasteiger partial charge in [0.2, 0.25) is 0 Å². The minimum Gasteiger partial charge on any atom is -0.451 e. The van der Waals surface area contributed by atoms with Gasteiger partial charge in [0.25, 0.3) is 23.3 Å². The maximum absolute atomic E-state index is 12.6. The van der Waals surface area contributed by atoms with Crippen LogP contribution in [-0.4, -0.2) is 22.3 Å². The van der Waals surface area contributed by atoms with E-state index in [-0.39, 0.29) is 22.7 Å². The molecule has 0 radical (unpaired) electrons. The molecule has 2 aromatic carbocycles. The highest BCUT2D eigenvalue weighted by Crippen LogP contribution is 2.26. The Morgan fingerprint density at radius 3 is 2.56 bits per heavy atom. The highest BCUT2D eigenvalue weighted by Gasteiger charge is 2.31. The zero-order valence-electron chi connectivity index (χ0n) is 16.8. The molecule has 0 fully saturated rings. The minimum atomic E-state index is -0.652. The fourth-order valence-corrected chi connectivity index (χ4v) is 3.75. The Hall–Kier alpha value is -4.66. The Labute approximate surface area is 180 Å². The number of hydrogen-bond acceptors (Lipinski definition) is 6. The predicted molar refractivity (Wildman–Crippen MR) is 117 cm³/mol. The van der Waals surface area contributed by atoms with Gasteiger partial charge < -0.3 is 15.5 Å². The van der Waals surface area contributed by atoms with Gasteiger partial charge in [-0.3, -0.25) is 29.1 Å². The first kappa shape index (κ1) is 19.3. The lowest BCUT2D eigenvalue weighted by Crippen LogP contribution is -2.24. The van der Waals surface area contributed by atoms with Gasteiger partial charge in [-0.1, -0.05) is 18.2 Å². The van der Waals surface area contributed by atoms with Crippen molar-refractivity contribution in [3.63, 3.8) is 0 Å². The number of nitrogens with two attached hydrogens (primary N) is 1. The molecule has 1 aliphatic heterocycles. The summed E-state index contributed by atoms with van der Waals surface area (Å²) >= 11 is 0. The third-order valence-electron chi connectivity index (χ3n) is 5.32. The van der Waals surface area contributed by atoms with Crippen LogP contribution in [0.2, 0.25) is 0 Å². The zero-order chi connectivity index (χ0) is 22.6. The van der Waals surface area contributed by atoms with Crippen molar-refractivity contribution in [3.05, 3.63) is 87.4 Å². The number of furan rings is 1. The van der Waals surface area contributed by atoms with E-state index in [4.69, 9.17) is 10.2 Å². The van der Waals surface area contributed by atoms with Gasteiger partial charge in [-0.25, -0.2) is 0 Å². The first-order chi connectivity index (χ1) is 15.3. The van der Waals surface area contributed by atoms with Gasteiger partial charge in [-0.05, 0) is 42.8 Å². The summed E-state index contributed by atoms with van der Waals surface area (Å²) in [4.78, 5) is 49.1. The van der Waals surface area contributed by atoms with E-state index in [1.165, 1.54) is 0 Å². The maximum Gasteiger partial charge on any atom is 0.291 e. The second-order valence-corrected chi connectivity index (χ2v) is 7.38. The number of benzene rings is 2. The van der Waals surface area contributed by atoms with E-state index in [9.17, 15) is 19.2 Å². The highest BCUT2D eigenvalue weighted by atomic mass is 16.3. The van der Waals surface area contributed by atoms with Gasteiger partial charge in [0.15, 0.2) is 5.76 Å². The number of aromatic nitrogens is 1. The van der Waals surface area contributed by atoms with Crippen molar-refractivity contribution in [1.29, 1.82) is 0 Å². The second-order valence-electron chi connectivity index (χ2n) is 7.38. The summed E-state index contributed by atoms with van der Waals surface area (Å²) < 4.78 is 6.74. The molecule has 3 amide bonds. The molecule has 158 valence electrons. The molecule has 0 spiro atoms. The maximum atomic E-state index is 12.6. The van der Waals surface area contributed by atoms with Crippen LogP contribution in [0.4, 0.5) is 11.5 Å². The number of carbonyl (C=O) groups is 3. The van der Waals surface area contributed by atoms with Crippen molar-refractivity contribution >= 4 is 40.2 Å². The summed E-state index contributed by atoms with van der Waals surface area (Å²) in [5.41, 5.74) is 7.61. The monoisotopic (exact) mass is 428 g/mol. The number of para-hydroxylation sites is 1.